The van der Waals surface area contributed by atoms with E-state index in [1.165, 1.54) is 0 Å². The summed E-state index contributed by atoms with van der Waals surface area (Å²) in [5.41, 5.74) is 3.00. The van der Waals surface area contributed by atoms with Crippen molar-refractivity contribution in [1.29, 1.82) is 0 Å². The third-order valence-corrected chi connectivity index (χ3v) is 9.17. The molecule has 42 heavy (non-hydrogen) atoms. The van der Waals surface area contributed by atoms with Gasteiger partial charge in [0.1, 0.15) is 11.8 Å². The fourth-order valence-electron chi connectivity index (χ4n) is 6.40. The van der Waals surface area contributed by atoms with E-state index in [4.69, 9.17) is 0 Å². The highest BCUT2D eigenvalue weighted by Gasteiger charge is 2.39. The zero-order chi connectivity index (χ0) is 29.7. The summed E-state index contributed by atoms with van der Waals surface area (Å²) >= 11 is 0. The highest BCUT2D eigenvalue weighted by Crippen LogP contribution is 2.40. The van der Waals surface area contributed by atoms with Crippen LogP contribution in [0.3, 0.4) is 0 Å². The highest BCUT2D eigenvalue weighted by atomic mass is 16.4. The van der Waals surface area contributed by atoms with Crippen molar-refractivity contribution in [2.75, 3.05) is 19.6 Å². The molecular weight excluding hydrogens is 524 g/mol. The molecular formula is C36H40N2O4. The summed E-state index contributed by atoms with van der Waals surface area (Å²) in [6.07, 6.45) is 1.64. The quantitative estimate of drug-likeness (QED) is 0.226. The molecule has 0 aliphatic carbocycles. The first-order chi connectivity index (χ1) is 20.2. The second kappa shape index (κ2) is 12.8. The number of aromatic hydroxyl groups is 1. The Morgan fingerprint density at radius 3 is 2.40 bits per heavy atom. The van der Waals surface area contributed by atoms with Gasteiger partial charge in [0.2, 0.25) is 5.91 Å². The largest absolute Gasteiger partial charge is 0.508 e. The van der Waals surface area contributed by atoms with E-state index >= 15 is 0 Å². The second-order valence-electron chi connectivity index (χ2n) is 12.0. The number of carboxylic acids is 1. The van der Waals surface area contributed by atoms with Gasteiger partial charge in [0.25, 0.3) is 0 Å². The third kappa shape index (κ3) is 6.66. The monoisotopic (exact) mass is 564 g/mol. The molecule has 1 heterocycles. The van der Waals surface area contributed by atoms with Crippen molar-refractivity contribution < 1.29 is 19.8 Å². The average molecular weight is 565 g/mol. The molecule has 0 aromatic heterocycles. The maximum absolute atomic E-state index is 13.8. The number of benzene rings is 4. The van der Waals surface area contributed by atoms with E-state index in [0.717, 1.165) is 47.0 Å². The highest BCUT2D eigenvalue weighted by molar-refractivity contribution is 5.88. The Bertz CT molecular complexity index is 1530. The average Bonchev–Trinajstić information content (AvgIpc) is 2.99. The summed E-state index contributed by atoms with van der Waals surface area (Å²) in [6, 6.07) is 30.2. The van der Waals surface area contributed by atoms with Crippen molar-refractivity contribution in [1.82, 2.24) is 10.2 Å². The van der Waals surface area contributed by atoms with Crippen molar-refractivity contribution in [2.45, 2.75) is 44.6 Å². The van der Waals surface area contributed by atoms with Crippen LogP contribution in [-0.2, 0) is 27.8 Å². The Balaban J connectivity index is 1.32. The van der Waals surface area contributed by atoms with Crippen LogP contribution in [0.2, 0.25) is 0 Å². The van der Waals surface area contributed by atoms with Crippen LogP contribution in [0.15, 0.2) is 97.1 Å². The molecule has 6 nitrogen and oxygen atoms in total. The SMILES string of the molecule is C[C@H]1CN(C[C@H](Cc2ccccc2)C(=O)N[C@H](Cc2cccc3ccccc23)C(=O)O)CC[C@@]1(C)c1cccc(O)c1. The summed E-state index contributed by atoms with van der Waals surface area (Å²) < 4.78 is 0. The summed E-state index contributed by atoms with van der Waals surface area (Å²) in [4.78, 5) is 28.5. The van der Waals surface area contributed by atoms with Gasteiger partial charge in [0.05, 0.1) is 5.92 Å². The number of phenols is 1. The Morgan fingerprint density at radius 1 is 0.952 bits per heavy atom. The van der Waals surface area contributed by atoms with Crippen molar-refractivity contribution >= 4 is 22.6 Å². The van der Waals surface area contributed by atoms with Gasteiger partial charge >= 0.3 is 5.97 Å². The van der Waals surface area contributed by atoms with Gasteiger partial charge in [-0.05, 0) is 70.3 Å². The predicted molar refractivity (Wildman–Crippen MR) is 167 cm³/mol. The molecule has 0 radical (unpaired) electrons. The number of carbonyl (C=O) groups excluding carboxylic acids is 1. The Kier molecular flexibility index (Phi) is 8.93. The smallest absolute Gasteiger partial charge is 0.326 e. The van der Waals surface area contributed by atoms with Gasteiger partial charge in [-0.15, -0.1) is 0 Å². The number of nitrogens with one attached hydrogen (secondary N) is 1. The minimum Gasteiger partial charge on any atom is -0.508 e. The fourth-order valence-corrected chi connectivity index (χ4v) is 6.40. The normalized spacial score (nSPS) is 20.6. The van der Waals surface area contributed by atoms with E-state index in [0.29, 0.717) is 18.9 Å². The number of nitrogens with zero attached hydrogens (tertiary/aromatic N) is 1. The van der Waals surface area contributed by atoms with E-state index in [2.05, 4.69) is 30.1 Å². The Morgan fingerprint density at radius 2 is 1.67 bits per heavy atom. The minimum atomic E-state index is -1.04. The molecule has 5 rings (SSSR count). The number of piperidine rings is 1. The van der Waals surface area contributed by atoms with Crippen LogP contribution in [0.5, 0.6) is 5.75 Å². The number of carbonyl (C=O) groups is 2. The molecule has 1 aliphatic rings. The summed E-state index contributed by atoms with van der Waals surface area (Å²) in [5, 5.41) is 25.2. The zero-order valence-corrected chi connectivity index (χ0v) is 24.4. The van der Waals surface area contributed by atoms with Crippen molar-refractivity contribution in [3.63, 3.8) is 0 Å². The molecule has 1 fully saturated rings. The topological polar surface area (TPSA) is 89.9 Å². The summed E-state index contributed by atoms with van der Waals surface area (Å²) in [7, 11) is 0. The number of amides is 1. The van der Waals surface area contributed by atoms with Gasteiger partial charge in [-0.3, -0.25) is 4.79 Å². The summed E-state index contributed by atoms with van der Waals surface area (Å²) in [6.45, 7) is 6.65. The van der Waals surface area contributed by atoms with Crippen molar-refractivity contribution in [2.24, 2.45) is 11.8 Å². The molecule has 0 bridgehead atoms. The molecule has 3 N–H and O–H groups in total. The van der Waals surface area contributed by atoms with Crippen molar-refractivity contribution in [3.8, 4) is 5.75 Å². The lowest BCUT2D eigenvalue weighted by atomic mass is 9.68. The number of hydrogen-bond donors (Lipinski definition) is 3. The van der Waals surface area contributed by atoms with E-state index in [-0.39, 0.29) is 23.5 Å². The number of carboxylic acid groups (broad SMARTS) is 1. The van der Waals surface area contributed by atoms with Crippen LogP contribution >= 0.6 is 0 Å². The zero-order valence-electron chi connectivity index (χ0n) is 24.4. The third-order valence-electron chi connectivity index (χ3n) is 9.17. The first-order valence-corrected chi connectivity index (χ1v) is 14.8. The number of aliphatic carboxylic acids is 1. The van der Waals surface area contributed by atoms with Gasteiger partial charge in [0.15, 0.2) is 0 Å². The fraction of sp³-hybridized carbons (Fsp3) is 0.333. The molecule has 218 valence electrons. The number of rotatable bonds is 10. The van der Waals surface area contributed by atoms with Gasteiger partial charge in [0, 0.05) is 19.5 Å². The minimum absolute atomic E-state index is 0.0840. The van der Waals surface area contributed by atoms with Crippen LogP contribution in [0.1, 0.15) is 37.0 Å². The first-order valence-electron chi connectivity index (χ1n) is 14.8. The molecule has 0 spiro atoms. The van der Waals surface area contributed by atoms with Gasteiger partial charge in [-0.25, -0.2) is 4.79 Å². The lowest BCUT2D eigenvalue weighted by Gasteiger charge is -2.45. The number of likely N-dealkylation sites (tertiary alicyclic amines) is 1. The van der Waals surface area contributed by atoms with Gasteiger partial charge in [-0.1, -0.05) is 98.8 Å². The van der Waals surface area contributed by atoms with Crippen LogP contribution in [0.25, 0.3) is 10.8 Å². The van der Waals surface area contributed by atoms with E-state index in [9.17, 15) is 19.8 Å². The van der Waals surface area contributed by atoms with Gasteiger partial charge in [-0.2, -0.15) is 0 Å². The first kappa shape index (κ1) is 29.3. The molecule has 4 aromatic carbocycles. The molecule has 4 aromatic rings. The van der Waals surface area contributed by atoms with E-state index in [1.54, 1.807) is 6.07 Å². The van der Waals surface area contributed by atoms with Crippen LogP contribution in [0.4, 0.5) is 0 Å². The maximum Gasteiger partial charge on any atom is 0.326 e. The maximum atomic E-state index is 13.8. The molecule has 6 heteroatoms. The van der Waals surface area contributed by atoms with Crippen LogP contribution < -0.4 is 5.32 Å². The number of hydrogen-bond acceptors (Lipinski definition) is 4. The number of fused-ring (bicyclic) bond motifs is 1. The van der Waals surface area contributed by atoms with Crippen molar-refractivity contribution in [3.05, 3.63) is 114 Å². The van der Waals surface area contributed by atoms with Crippen LogP contribution in [0, 0.1) is 11.8 Å². The Hall–Kier alpha value is -4.16. The standard InChI is InChI=1S/C36H40N2O4/c1-25-23-38(19-18-36(25,2)30-15-9-16-31(39)22-30)24-29(20-26-10-4-3-5-11-26)34(40)37-33(35(41)42)21-28-14-8-13-27-12-6-7-17-32(27)28/h3-17,22,25,29,33,39H,18-21,23-24H2,1-2H3,(H,37,40)(H,41,42)/t25-,29-,33+,36+/m0/s1. The number of phenolic OH excluding ortho intramolecular Hbond substituents is 1. The Labute approximate surface area is 248 Å². The van der Waals surface area contributed by atoms with Crippen LogP contribution in [-0.4, -0.2) is 52.7 Å². The molecule has 0 unspecified atom stereocenters. The molecule has 4 atom stereocenters. The lowest BCUT2D eigenvalue weighted by Crippen LogP contribution is -2.52. The predicted octanol–water partition coefficient (Wildman–Crippen LogP) is 5.82. The molecule has 1 amide bonds. The van der Waals surface area contributed by atoms with E-state index in [1.807, 2.05) is 84.9 Å². The molecule has 1 saturated heterocycles. The summed E-state index contributed by atoms with van der Waals surface area (Å²) in [5.74, 6) is -1.10. The molecule has 0 saturated carbocycles. The second-order valence-corrected chi connectivity index (χ2v) is 12.0. The lowest BCUT2D eigenvalue weighted by molar-refractivity contribution is -0.142. The van der Waals surface area contributed by atoms with Gasteiger partial charge < -0.3 is 20.4 Å². The molecule has 1 aliphatic heterocycles. The van der Waals surface area contributed by atoms with E-state index < -0.39 is 17.9 Å².